The lowest BCUT2D eigenvalue weighted by Crippen LogP contribution is -2.42. The van der Waals surface area contributed by atoms with Crippen LogP contribution in [0, 0.1) is 13.8 Å². The molecular formula is C36H35ClN4O3. The molecule has 5 aromatic rings. The number of piperidine rings is 1. The minimum absolute atomic E-state index is 0. The maximum atomic E-state index is 14.0. The standard InChI is InChI=1S/C36H34N4O3.ClH/c1-22-18-25(10-11-26(22)27-6-4-8-29-28(27)7-5-9-30(29)34-38-37-23(2)43-34)35(41)40-15-12-24-19-33-31(20-32(24)40)36(21-42-33)13-16-39(3)17-14-36;/h4-11,18-20H,12-17,21H2,1-3H3;1H. The molecule has 0 atom stereocenters. The first-order valence-corrected chi connectivity index (χ1v) is 15.1. The van der Waals surface area contributed by atoms with Crippen molar-refractivity contribution in [3.63, 3.8) is 0 Å². The summed E-state index contributed by atoms with van der Waals surface area (Å²) in [5, 5.41) is 10.4. The number of hydrogen-bond acceptors (Lipinski definition) is 6. The van der Waals surface area contributed by atoms with Gasteiger partial charge in [0, 0.05) is 41.3 Å². The summed E-state index contributed by atoms with van der Waals surface area (Å²) >= 11 is 0. The molecule has 44 heavy (non-hydrogen) atoms. The fourth-order valence-corrected chi connectivity index (χ4v) is 7.30. The van der Waals surface area contributed by atoms with E-state index in [9.17, 15) is 4.79 Å². The van der Waals surface area contributed by atoms with E-state index >= 15 is 0 Å². The predicted octanol–water partition coefficient (Wildman–Crippen LogP) is 7.15. The zero-order valence-electron chi connectivity index (χ0n) is 25.2. The molecule has 1 aromatic heterocycles. The topological polar surface area (TPSA) is 71.7 Å². The summed E-state index contributed by atoms with van der Waals surface area (Å²) in [5.41, 5.74) is 8.49. The lowest BCUT2D eigenvalue weighted by atomic mass is 9.74. The van der Waals surface area contributed by atoms with Gasteiger partial charge in [-0.2, -0.15) is 0 Å². The monoisotopic (exact) mass is 606 g/mol. The normalized spacial score (nSPS) is 16.9. The number of anilines is 1. The van der Waals surface area contributed by atoms with Gasteiger partial charge in [0.05, 0.1) is 6.61 Å². The molecule has 3 aliphatic heterocycles. The Hall–Kier alpha value is -4.20. The third-order valence-corrected chi connectivity index (χ3v) is 9.78. The summed E-state index contributed by atoms with van der Waals surface area (Å²) in [6.07, 6.45) is 3.03. The van der Waals surface area contributed by atoms with Crippen LogP contribution >= 0.6 is 12.4 Å². The molecule has 224 valence electrons. The van der Waals surface area contributed by atoms with Gasteiger partial charge in [0.1, 0.15) is 5.75 Å². The van der Waals surface area contributed by atoms with Crippen LogP contribution in [0.15, 0.2) is 71.1 Å². The molecule has 4 heterocycles. The second-order valence-electron chi connectivity index (χ2n) is 12.4. The van der Waals surface area contributed by atoms with E-state index in [1.54, 1.807) is 6.92 Å². The van der Waals surface area contributed by atoms with E-state index in [1.807, 2.05) is 29.2 Å². The number of rotatable bonds is 3. The summed E-state index contributed by atoms with van der Waals surface area (Å²) in [6.45, 7) is 7.47. The zero-order chi connectivity index (χ0) is 29.3. The van der Waals surface area contributed by atoms with Crippen molar-refractivity contribution in [1.29, 1.82) is 0 Å². The minimum atomic E-state index is 0. The number of aryl methyl sites for hydroxylation is 2. The van der Waals surface area contributed by atoms with Gasteiger partial charge in [-0.3, -0.25) is 4.79 Å². The highest BCUT2D eigenvalue weighted by atomic mass is 35.5. The third kappa shape index (κ3) is 4.49. The van der Waals surface area contributed by atoms with Crippen LogP contribution in [0.2, 0.25) is 0 Å². The molecule has 4 aromatic carbocycles. The molecule has 0 radical (unpaired) electrons. The largest absolute Gasteiger partial charge is 0.492 e. The van der Waals surface area contributed by atoms with Crippen LogP contribution < -0.4 is 9.64 Å². The molecule has 1 saturated heterocycles. The van der Waals surface area contributed by atoms with Crippen LogP contribution in [0.4, 0.5) is 5.69 Å². The number of halogens is 1. The Kier molecular flexibility index (Phi) is 6.98. The van der Waals surface area contributed by atoms with Crippen molar-refractivity contribution in [2.75, 3.05) is 38.2 Å². The number of aromatic nitrogens is 2. The zero-order valence-corrected chi connectivity index (χ0v) is 26.0. The molecule has 0 aliphatic carbocycles. The van der Waals surface area contributed by atoms with E-state index < -0.39 is 0 Å². The molecule has 1 fully saturated rings. The molecule has 0 N–H and O–H groups in total. The van der Waals surface area contributed by atoms with Crippen LogP contribution in [0.3, 0.4) is 0 Å². The third-order valence-electron chi connectivity index (χ3n) is 9.78. The Balaban J connectivity index is 0.00000312. The predicted molar refractivity (Wildman–Crippen MR) is 175 cm³/mol. The summed E-state index contributed by atoms with van der Waals surface area (Å²) in [4.78, 5) is 18.4. The number of fused-ring (bicyclic) bond motifs is 4. The van der Waals surface area contributed by atoms with Gasteiger partial charge in [0.15, 0.2) is 0 Å². The van der Waals surface area contributed by atoms with Crippen molar-refractivity contribution in [3.05, 3.63) is 94.9 Å². The van der Waals surface area contributed by atoms with Crippen molar-refractivity contribution in [2.24, 2.45) is 0 Å². The van der Waals surface area contributed by atoms with Gasteiger partial charge in [0.2, 0.25) is 11.8 Å². The number of hydrogen-bond donors (Lipinski definition) is 0. The van der Waals surface area contributed by atoms with Crippen molar-refractivity contribution in [2.45, 2.75) is 38.5 Å². The van der Waals surface area contributed by atoms with Crippen LogP contribution in [0.1, 0.15) is 45.8 Å². The van der Waals surface area contributed by atoms with E-state index in [-0.39, 0.29) is 23.7 Å². The summed E-state index contributed by atoms with van der Waals surface area (Å²) in [6, 6.07) is 23.0. The van der Waals surface area contributed by atoms with Gasteiger partial charge in [-0.15, -0.1) is 22.6 Å². The highest BCUT2D eigenvalue weighted by molar-refractivity contribution is 6.09. The Bertz CT molecular complexity index is 1920. The number of likely N-dealkylation sites (tertiary alicyclic amines) is 1. The summed E-state index contributed by atoms with van der Waals surface area (Å²) < 4.78 is 12.0. The van der Waals surface area contributed by atoms with Gasteiger partial charge in [-0.05, 0) is 110 Å². The molecule has 8 heteroatoms. The van der Waals surface area contributed by atoms with E-state index in [1.165, 1.54) is 11.1 Å². The fourth-order valence-electron chi connectivity index (χ4n) is 7.30. The van der Waals surface area contributed by atoms with Gasteiger partial charge >= 0.3 is 0 Å². The molecular weight excluding hydrogens is 572 g/mol. The first-order chi connectivity index (χ1) is 20.9. The van der Waals surface area contributed by atoms with Gasteiger partial charge in [-0.25, -0.2) is 0 Å². The number of carbonyl (C=O) groups excluding carboxylic acids is 1. The van der Waals surface area contributed by atoms with Gasteiger partial charge < -0.3 is 19.0 Å². The second-order valence-corrected chi connectivity index (χ2v) is 12.4. The van der Waals surface area contributed by atoms with Gasteiger partial charge in [0.25, 0.3) is 5.91 Å². The van der Waals surface area contributed by atoms with Crippen LogP contribution in [-0.2, 0) is 11.8 Å². The smallest absolute Gasteiger partial charge is 0.258 e. The lowest BCUT2D eigenvalue weighted by molar-refractivity contribution is 0.0989. The molecule has 0 saturated carbocycles. The number of amides is 1. The van der Waals surface area contributed by atoms with Crippen molar-refractivity contribution in [1.82, 2.24) is 15.1 Å². The number of benzene rings is 4. The number of nitrogens with zero attached hydrogens (tertiary/aromatic N) is 4. The van der Waals surface area contributed by atoms with Crippen molar-refractivity contribution < 1.29 is 13.9 Å². The van der Waals surface area contributed by atoms with E-state index in [2.05, 4.69) is 71.5 Å². The quantitative estimate of drug-likeness (QED) is 0.217. The molecule has 0 bridgehead atoms. The first-order valence-electron chi connectivity index (χ1n) is 15.1. The molecule has 1 amide bonds. The van der Waals surface area contributed by atoms with E-state index in [4.69, 9.17) is 9.15 Å². The molecule has 7 nitrogen and oxygen atoms in total. The minimum Gasteiger partial charge on any atom is -0.492 e. The summed E-state index contributed by atoms with van der Waals surface area (Å²) in [5.74, 6) is 2.13. The summed E-state index contributed by atoms with van der Waals surface area (Å²) in [7, 11) is 2.19. The highest BCUT2D eigenvalue weighted by Crippen LogP contribution is 2.49. The van der Waals surface area contributed by atoms with E-state index in [0.717, 1.165) is 83.4 Å². The maximum Gasteiger partial charge on any atom is 0.258 e. The van der Waals surface area contributed by atoms with Crippen molar-refractivity contribution >= 4 is 34.8 Å². The molecule has 8 rings (SSSR count). The van der Waals surface area contributed by atoms with Crippen LogP contribution in [-0.4, -0.2) is 54.3 Å². The molecule has 1 spiro atoms. The van der Waals surface area contributed by atoms with Crippen molar-refractivity contribution in [3.8, 4) is 28.3 Å². The first kappa shape index (κ1) is 28.6. The van der Waals surface area contributed by atoms with Crippen LogP contribution in [0.25, 0.3) is 33.4 Å². The Labute approximate surface area is 263 Å². The molecule has 0 unspecified atom stereocenters. The number of carbonyl (C=O) groups is 1. The maximum absolute atomic E-state index is 14.0. The average molecular weight is 607 g/mol. The van der Waals surface area contributed by atoms with E-state index in [0.29, 0.717) is 23.9 Å². The SMILES string of the molecule is Cc1nnc(-c2cccc3c(-c4ccc(C(=O)N5CCc6cc7c(cc65)C5(CCN(C)CC5)CO7)cc4C)cccc23)o1.Cl. The number of ether oxygens (including phenoxy) is 1. The lowest BCUT2D eigenvalue weighted by Gasteiger charge is -2.37. The highest BCUT2D eigenvalue weighted by Gasteiger charge is 2.44. The van der Waals surface area contributed by atoms with Crippen LogP contribution in [0.5, 0.6) is 5.75 Å². The fraction of sp³-hybridized carbons (Fsp3) is 0.306. The second kappa shape index (κ2) is 10.8. The Morgan fingerprint density at radius 3 is 2.34 bits per heavy atom. The molecule has 3 aliphatic rings. The Morgan fingerprint density at radius 1 is 0.864 bits per heavy atom. The average Bonchev–Trinajstić information content (AvgIpc) is 3.74. The Morgan fingerprint density at radius 2 is 1.61 bits per heavy atom. The van der Waals surface area contributed by atoms with Gasteiger partial charge in [-0.1, -0.05) is 36.4 Å².